The lowest BCUT2D eigenvalue weighted by Gasteiger charge is -2.23. The van der Waals surface area contributed by atoms with E-state index >= 15 is 0 Å². The van der Waals surface area contributed by atoms with E-state index in [0.29, 0.717) is 6.54 Å². The molecular formula is C11H19N3. The first kappa shape index (κ1) is 11.2. The van der Waals surface area contributed by atoms with Gasteiger partial charge in [0.05, 0.1) is 6.04 Å². The van der Waals surface area contributed by atoms with Crippen molar-refractivity contribution in [3.63, 3.8) is 0 Å². The number of nitrogens with two attached hydrogens (primary N) is 1. The predicted molar refractivity (Wildman–Crippen MR) is 59.8 cm³/mol. The second-order valence-corrected chi connectivity index (χ2v) is 3.67. The van der Waals surface area contributed by atoms with Crippen LogP contribution < -0.4 is 11.2 Å². The molecule has 0 spiro atoms. The summed E-state index contributed by atoms with van der Waals surface area (Å²) in [7, 11) is 3.95. The molecule has 3 nitrogen and oxygen atoms in total. The maximum Gasteiger partial charge on any atom is 0.0589 e. The molecule has 3 N–H and O–H groups in total. The van der Waals surface area contributed by atoms with Crippen molar-refractivity contribution in [2.45, 2.75) is 13.0 Å². The first-order valence-electron chi connectivity index (χ1n) is 4.84. The maximum absolute atomic E-state index is 5.73. The SMILES string of the molecule is Cc1ccccc1C(CN)NN(C)C. The van der Waals surface area contributed by atoms with Gasteiger partial charge in [0.25, 0.3) is 0 Å². The number of benzene rings is 1. The Labute approximate surface area is 85.9 Å². The van der Waals surface area contributed by atoms with Crippen molar-refractivity contribution in [3.8, 4) is 0 Å². The van der Waals surface area contributed by atoms with Crippen LogP contribution in [0, 0.1) is 6.92 Å². The minimum absolute atomic E-state index is 0.200. The zero-order chi connectivity index (χ0) is 10.6. The van der Waals surface area contributed by atoms with Gasteiger partial charge in [0, 0.05) is 20.6 Å². The van der Waals surface area contributed by atoms with E-state index in [2.05, 4.69) is 24.5 Å². The Morgan fingerprint density at radius 3 is 2.50 bits per heavy atom. The van der Waals surface area contributed by atoms with Gasteiger partial charge < -0.3 is 5.73 Å². The van der Waals surface area contributed by atoms with Crippen LogP contribution in [0.2, 0.25) is 0 Å². The molecule has 0 amide bonds. The summed E-state index contributed by atoms with van der Waals surface area (Å²) in [5.41, 5.74) is 11.6. The van der Waals surface area contributed by atoms with Gasteiger partial charge in [0.1, 0.15) is 0 Å². The molecule has 1 aromatic rings. The number of nitrogens with one attached hydrogen (secondary N) is 1. The zero-order valence-corrected chi connectivity index (χ0v) is 9.12. The van der Waals surface area contributed by atoms with Crippen LogP contribution in [0.15, 0.2) is 24.3 Å². The first-order chi connectivity index (χ1) is 6.65. The van der Waals surface area contributed by atoms with Crippen LogP contribution in [0.1, 0.15) is 17.2 Å². The first-order valence-corrected chi connectivity index (χ1v) is 4.84. The molecular weight excluding hydrogens is 174 g/mol. The maximum atomic E-state index is 5.73. The summed E-state index contributed by atoms with van der Waals surface area (Å²) in [5, 5.41) is 1.93. The Hall–Kier alpha value is -0.900. The molecule has 1 aromatic carbocycles. The molecule has 1 unspecified atom stereocenters. The van der Waals surface area contributed by atoms with Crippen LogP contribution >= 0.6 is 0 Å². The van der Waals surface area contributed by atoms with E-state index in [9.17, 15) is 0 Å². The Morgan fingerprint density at radius 2 is 2.00 bits per heavy atom. The lowest BCUT2D eigenvalue weighted by molar-refractivity contribution is 0.245. The molecule has 3 heteroatoms. The lowest BCUT2D eigenvalue weighted by atomic mass is 10.0. The number of hydrazine groups is 1. The van der Waals surface area contributed by atoms with Gasteiger partial charge >= 0.3 is 0 Å². The van der Waals surface area contributed by atoms with Crippen molar-refractivity contribution >= 4 is 0 Å². The Kier molecular flexibility index (Phi) is 4.07. The van der Waals surface area contributed by atoms with E-state index in [1.165, 1.54) is 11.1 Å². The van der Waals surface area contributed by atoms with Crippen LogP contribution in [0.3, 0.4) is 0 Å². The third-order valence-corrected chi connectivity index (χ3v) is 2.21. The van der Waals surface area contributed by atoms with Gasteiger partial charge in [-0.25, -0.2) is 10.4 Å². The molecule has 14 heavy (non-hydrogen) atoms. The monoisotopic (exact) mass is 193 g/mol. The van der Waals surface area contributed by atoms with Gasteiger partial charge in [-0.1, -0.05) is 24.3 Å². The third kappa shape index (κ3) is 2.80. The van der Waals surface area contributed by atoms with Crippen molar-refractivity contribution in [1.82, 2.24) is 10.4 Å². The highest BCUT2D eigenvalue weighted by Crippen LogP contribution is 2.16. The average Bonchev–Trinajstić information content (AvgIpc) is 2.15. The van der Waals surface area contributed by atoms with Crippen LogP contribution in [0.25, 0.3) is 0 Å². The quantitative estimate of drug-likeness (QED) is 0.703. The summed E-state index contributed by atoms with van der Waals surface area (Å²) >= 11 is 0. The number of hydrogen-bond acceptors (Lipinski definition) is 3. The normalized spacial score (nSPS) is 13.2. The Morgan fingerprint density at radius 1 is 1.36 bits per heavy atom. The van der Waals surface area contributed by atoms with Crippen LogP contribution in [-0.2, 0) is 0 Å². The minimum atomic E-state index is 0.200. The van der Waals surface area contributed by atoms with Crippen LogP contribution in [-0.4, -0.2) is 25.6 Å². The van der Waals surface area contributed by atoms with Gasteiger partial charge in [-0.05, 0) is 18.1 Å². The van der Waals surface area contributed by atoms with Gasteiger partial charge in [0.15, 0.2) is 0 Å². The molecule has 1 rings (SSSR count). The Bertz CT molecular complexity index is 284. The molecule has 0 heterocycles. The van der Waals surface area contributed by atoms with Gasteiger partial charge in [-0.2, -0.15) is 0 Å². The number of hydrogen-bond donors (Lipinski definition) is 2. The van der Waals surface area contributed by atoms with Gasteiger partial charge in [-0.3, -0.25) is 0 Å². The molecule has 0 saturated carbocycles. The lowest BCUT2D eigenvalue weighted by Crippen LogP contribution is -2.38. The number of aryl methyl sites for hydroxylation is 1. The summed E-state index contributed by atoms with van der Waals surface area (Å²) in [4.78, 5) is 0. The van der Waals surface area contributed by atoms with Gasteiger partial charge in [-0.15, -0.1) is 0 Å². The predicted octanol–water partition coefficient (Wildman–Crippen LogP) is 1.06. The van der Waals surface area contributed by atoms with E-state index in [-0.39, 0.29) is 6.04 Å². The van der Waals surface area contributed by atoms with E-state index in [4.69, 9.17) is 5.73 Å². The fraction of sp³-hybridized carbons (Fsp3) is 0.455. The van der Waals surface area contributed by atoms with Crippen molar-refractivity contribution < 1.29 is 0 Å². The topological polar surface area (TPSA) is 41.3 Å². The Balaban J connectivity index is 2.83. The minimum Gasteiger partial charge on any atom is -0.329 e. The van der Waals surface area contributed by atoms with E-state index in [1.54, 1.807) is 0 Å². The smallest absolute Gasteiger partial charge is 0.0589 e. The second kappa shape index (κ2) is 5.10. The molecule has 0 aliphatic heterocycles. The highest BCUT2D eigenvalue weighted by atomic mass is 15.5. The molecule has 0 aliphatic carbocycles. The highest BCUT2D eigenvalue weighted by Gasteiger charge is 2.11. The number of nitrogens with zero attached hydrogens (tertiary/aromatic N) is 1. The third-order valence-electron chi connectivity index (χ3n) is 2.21. The van der Waals surface area contributed by atoms with Crippen LogP contribution in [0.5, 0.6) is 0 Å². The molecule has 0 fully saturated rings. The van der Waals surface area contributed by atoms with E-state index < -0.39 is 0 Å². The van der Waals surface area contributed by atoms with E-state index in [1.807, 2.05) is 31.2 Å². The fourth-order valence-electron chi connectivity index (χ4n) is 1.54. The summed E-state index contributed by atoms with van der Waals surface area (Å²) in [6.07, 6.45) is 0. The van der Waals surface area contributed by atoms with E-state index in [0.717, 1.165) is 0 Å². The van der Waals surface area contributed by atoms with Crippen molar-refractivity contribution in [1.29, 1.82) is 0 Å². The molecule has 78 valence electrons. The molecule has 0 radical (unpaired) electrons. The molecule has 0 bridgehead atoms. The fourth-order valence-corrected chi connectivity index (χ4v) is 1.54. The molecule has 0 saturated heterocycles. The van der Waals surface area contributed by atoms with Crippen molar-refractivity contribution in [2.75, 3.05) is 20.6 Å². The summed E-state index contributed by atoms with van der Waals surface area (Å²) in [5.74, 6) is 0. The summed E-state index contributed by atoms with van der Waals surface area (Å²) < 4.78 is 0. The molecule has 0 aromatic heterocycles. The molecule has 0 aliphatic rings. The molecule has 1 atom stereocenters. The number of rotatable bonds is 4. The standard InChI is InChI=1S/C11H19N3/c1-9-6-4-5-7-10(9)11(8-12)13-14(2)3/h4-7,11,13H,8,12H2,1-3H3. The van der Waals surface area contributed by atoms with Crippen LogP contribution in [0.4, 0.5) is 0 Å². The average molecular weight is 193 g/mol. The summed E-state index contributed by atoms with van der Waals surface area (Å²) in [6.45, 7) is 2.71. The highest BCUT2D eigenvalue weighted by molar-refractivity contribution is 5.28. The van der Waals surface area contributed by atoms with Crippen molar-refractivity contribution in [2.24, 2.45) is 5.73 Å². The van der Waals surface area contributed by atoms with Gasteiger partial charge in [0.2, 0.25) is 0 Å². The zero-order valence-electron chi connectivity index (χ0n) is 9.12. The second-order valence-electron chi connectivity index (χ2n) is 3.67. The largest absolute Gasteiger partial charge is 0.329 e. The van der Waals surface area contributed by atoms with Crippen molar-refractivity contribution in [3.05, 3.63) is 35.4 Å². The summed E-state index contributed by atoms with van der Waals surface area (Å²) in [6, 6.07) is 8.51.